The summed E-state index contributed by atoms with van der Waals surface area (Å²) >= 11 is 0. The molecule has 1 amide bonds. The predicted octanol–water partition coefficient (Wildman–Crippen LogP) is 6.33. The maximum Gasteiger partial charge on any atom is 0.249 e. The van der Waals surface area contributed by atoms with Gasteiger partial charge in [0.15, 0.2) is 6.29 Å². The molecule has 0 radical (unpaired) electrons. The second kappa shape index (κ2) is 33.3. The summed E-state index contributed by atoms with van der Waals surface area (Å²) in [7, 11) is 0. The molecule has 0 aromatic carbocycles. The molecule has 11 nitrogen and oxygen atoms in total. The third-order valence-corrected chi connectivity index (χ3v) is 10.9. The molecular formula is C42H83NO10. The van der Waals surface area contributed by atoms with E-state index < -0.39 is 74.2 Å². The number of rotatable bonds is 36. The summed E-state index contributed by atoms with van der Waals surface area (Å²) in [4.78, 5) is 13.0. The Kier molecular flexibility index (Phi) is 31.5. The number of ether oxygens (including phenoxy) is 2. The van der Waals surface area contributed by atoms with E-state index in [-0.39, 0.29) is 6.42 Å². The Morgan fingerprint density at radius 2 is 0.981 bits per heavy atom. The average molecular weight is 762 g/mol. The third-order valence-electron chi connectivity index (χ3n) is 10.9. The van der Waals surface area contributed by atoms with Gasteiger partial charge in [0.25, 0.3) is 0 Å². The van der Waals surface area contributed by atoms with Gasteiger partial charge in [-0.1, -0.05) is 181 Å². The number of aliphatic hydroxyl groups is 7. The van der Waals surface area contributed by atoms with E-state index >= 15 is 0 Å². The van der Waals surface area contributed by atoms with Gasteiger partial charge in [-0.05, 0) is 12.8 Å². The quantitative estimate of drug-likeness (QED) is 0.0335. The zero-order valence-electron chi connectivity index (χ0n) is 33.8. The van der Waals surface area contributed by atoms with Gasteiger partial charge in [0.1, 0.15) is 36.6 Å². The van der Waals surface area contributed by atoms with Crippen molar-refractivity contribution in [2.45, 2.75) is 249 Å². The molecule has 11 heteroatoms. The molecule has 0 aromatic rings. The van der Waals surface area contributed by atoms with Gasteiger partial charge >= 0.3 is 0 Å². The van der Waals surface area contributed by atoms with E-state index in [1.54, 1.807) is 0 Å². The first-order valence-electron chi connectivity index (χ1n) is 21.9. The number of hydrogen-bond donors (Lipinski definition) is 8. The molecule has 0 aliphatic carbocycles. The highest BCUT2D eigenvalue weighted by atomic mass is 16.7. The van der Waals surface area contributed by atoms with Crippen molar-refractivity contribution in [1.82, 2.24) is 5.32 Å². The largest absolute Gasteiger partial charge is 0.394 e. The van der Waals surface area contributed by atoms with Crippen LogP contribution in [-0.4, -0.2) is 110 Å². The fourth-order valence-corrected chi connectivity index (χ4v) is 7.20. The van der Waals surface area contributed by atoms with Crippen LogP contribution in [0.2, 0.25) is 0 Å². The summed E-state index contributed by atoms with van der Waals surface area (Å²) in [5, 5.41) is 75.5. The summed E-state index contributed by atoms with van der Waals surface area (Å²) in [5.41, 5.74) is 0. The lowest BCUT2D eigenvalue weighted by Gasteiger charge is -2.40. The zero-order chi connectivity index (χ0) is 39.1. The molecular weight excluding hydrogens is 678 g/mol. The van der Waals surface area contributed by atoms with Crippen LogP contribution in [0.4, 0.5) is 0 Å². The van der Waals surface area contributed by atoms with E-state index in [1.165, 1.54) is 116 Å². The first-order valence-corrected chi connectivity index (χ1v) is 21.9. The minimum atomic E-state index is -1.65. The van der Waals surface area contributed by atoms with Gasteiger partial charge in [0, 0.05) is 0 Å². The summed E-state index contributed by atoms with van der Waals surface area (Å²) in [6.45, 7) is 3.42. The van der Waals surface area contributed by atoms with Crippen LogP contribution in [0.25, 0.3) is 0 Å². The topological polar surface area (TPSA) is 189 Å². The Hall–Kier alpha value is -0.890. The molecule has 1 aliphatic heterocycles. The van der Waals surface area contributed by atoms with Crippen LogP contribution in [0.15, 0.2) is 0 Å². The highest BCUT2D eigenvalue weighted by Gasteiger charge is 2.44. The fourth-order valence-electron chi connectivity index (χ4n) is 7.20. The van der Waals surface area contributed by atoms with Crippen LogP contribution in [0, 0.1) is 0 Å². The molecule has 0 spiro atoms. The Bertz CT molecular complexity index is 836. The second-order valence-corrected chi connectivity index (χ2v) is 15.8. The van der Waals surface area contributed by atoms with Gasteiger partial charge in [-0.2, -0.15) is 0 Å². The van der Waals surface area contributed by atoms with E-state index in [4.69, 9.17) is 9.47 Å². The van der Waals surface area contributed by atoms with Crippen molar-refractivity contribution in [3.8, 4) is 0 Å². The maximum absolute atomic E-state index is 13.0. The Morgan fingerprint density at radius 1 is 0.585 bits per heavy atom. The van der Waals surface area contributed by atoms with Crippen LogP contribution >= 0.6 is 0 Å². The predicted molar refractivity (Wildman–Crippen MR) is 210 cm³/mol. The molecule has 1 saturated heterocycles. The molecule has 316 valence electrons. The first kappa shape index (κ1) is 50.1. The number of unbranched alkanes of at least 4 members (excludes halogenated alkanes) is 24. The Labute approximate surface area is 322 Å². The van der Waals surface area contributed by atoms with Gasteiger partial charge in [0.05, 0.1) is 25.4 Å². The van der Waals surface area contributed by atoms with Gasteiger partial charge < -0.3 is 50.5 Å². The number of hydrogen-bond acceptors (Lipinski definition) is 10. The second-order valence-electron chi connectivity index (χ2n) is 15.8. The van der Waals surface area contributed by atoms with Crippen LogP contribution in [-0.2, 0) is 14.3 Å². The molecule has 1 fully saturated rings. The Balaban J connectivity index is 2.50. The van der Waals surface area contributed by atoms with Crippen molar-refractivity contribution >= 4 is 5.91 Å². The summed E-state index contributed by atoms with van der Waals surface area (Å²) in [5.74, 6) is -0.696. The molecule has 1 rings (SSSR count). The summed E-state index contributed by atoms with van der Waals surface area (Å²) in [6, 6.07) is -1.16. The number of amides is 1. The van der Waals surface area contributed by atoms with Crippen molar-refractivity contribution in [1.29, 1.82) is 0 Å². The Morgan fingerprint density at radius 3 is 1.40 bits per heavy atom. The number of nitrogens with one attached hydrogen (secondary N) is 1. The molecule has 9 unspecified atom stereocenters. The lowest BCUT2D eigenvalue weighted by Crippen LogP contribution is -2.60. The van der Waals surface area contributed by atoms with Gasteiger partial charge in [0.2, 0.25) is 5.91 Å². The lowest BCUT2D eigenvalue weighted by molar-refractivity contribution is -0.303. The SMILES string of the molecule is CCCCCCCCCCCCCCCC(O)C(=O)NC(COC1OC(CO)C(O)C(O)C1O)C(O)C(O)CCCCCCCCCCCCCCC. The van der Waals surface area contributed by atoms with Crippen molar-refractivity contribution in [2.24, 2.45) is 0 Å². The van der Waals surface area contributed by atoms with Crippen LogP contribution in [0.5, 0.6) is 0 Å². The van der Waals surface area contributed by atoms with Crippen molar-refractivity contribution < 1.29 is 50.0 Å². The van der Waals surface area contributed by atoms with Gasteiger partial charge in [-0.15, -0.1) is 0 Å². The molecule has 9 atom stereocenters. The number of carbonyl (C=O) groups excluding carboxylic acids is 1. The average Bonchev–Trinajstić information content (AvgIpc) is 3.16. The van der Waals surface area contributed by atoms with Crippen molar-refractivity contribution in [2.75, 3.05) is 13.2 Å². The molecule has 1 aliphatic rings. The van der Waals surface area contributed by atoms with Crippen molar-refractivity contribution in [3.05, 3.63) is 0 Å². The van der Waals surface area contributed by atoms with E-state index in [1.807, 2.05) is 0 Å². The molecule has 0 saturated carbocycles. The van der Waals surface area contributed by atoms with Gasteiger partial charge in [-0.25, -0.2) is 0 Å². The van der Waals surface area contributed by atoms with Crippen LogP contribution in [0.1, 0.15) is 194 Å². The highest BCUT2D eigenvalue weighted by molar-refractivity contribution is 5.80. The smallest absolute Gasteiger partial charge is 0.249 e. The zero-order valence-corrected chi connectivity index (χ0v) is 33.8. The normalized spacial score (nSPS) is 22.8. The van der Waals surface area contributed by atoms with Crippen molar-refractivity contribution in [3.63, 3.8) is 0 Å². The fraction of sp³-hybridized carbons (Fsp3) is 0.976. The van der Waals surface area contributed by atoms with E-state index in [2.05, 4.69) is 19.2 Å². The minimum Gasteiger partial charge on any atom is -0.394 e. The molecule has 0 bridgehead atoms. The van der Waals surface area contributed by atoms with Gasteiger partial charge in [-0.3, -0.25) is 4.79 Å². The monoisotopic (exact) mass is 762 g/mol. The summed E-state index contributed by atoms with van der Waals surface area (Å²) in [6.07, 6.45) is 20.1. The third kappa shape index (κ3) is 23.7. The number of carbonyl (C=O) groups is 1. The lowest BCUT2D eigenvalue weighted by atomic mass is 9.98. The van der Waals surface area contributed by atoms with E-state index in [9.17, 15) is 40.5 Å². The molecule has 1 heterocycles. The van der Waals surface area contributed by atoms with E-state index in [0.29, 0.717) is 19.3 Å². The molecule has 8 N–H and O–H groups in total. The van der Waals surface area contributed by atoms with Crippen LogP contribution < -0.4 is 5.32 Å². The van der Waals surface area contributed by atoms with Crippen LogP contribution in [0.3, 0.4) is 0 Å². The summed E-state index contributed by atoms with van der Waals surface area (Å²) < 4.78 is 11.1. The maximum atomic E-state index is 13.0. The minimum absolute atomic E-state index is 0.265. The molecule has 53 heavy (non-hydrogen) atoms. The first-order chi connectivity index (χ1) is 25.7. The van der Waals surface area contributed by atoms with E-state index in [0.717, 1.165) is 38.5 Å². The highest BCUT2D eigenvalue weighted by Crippen LogP contribution is 2.23. The molecule has 0 aromatic heterocycles. The standard InChI is InChI=1S/C42H83NO10/c1-3-5-7-9-11-13-15-17-19-21-23-25-27-29-34(45)37(47)33(32-52-42-40(50)39(49)38(48)36(31-44)53-42)43-41(51)35(46)30-28-26-24-22-20-18-16-14-12-10-8-6-4-2/h33-40,42,44-50H,3-32H2,1-2H3,(H,43,51). The number of aliphatic hydroxyl groups excluding tert-OH is 7.